The van der Waals surface area contributed by atoms with E-state index in [9.17, 15) is 9.59 Å². The summed E-state index contributed by atoms with van der Waals surface area (Å²) < 4.78 is 6.12. The van der Waals surface area contributed by atoms with Crippen LogP contribution < -0.4 is 5.32 Å². The average molecular weight is 409 g/mol. The minimum absolute atomic E-state index is 0.0156. The van der Waals surface area contributed by atoms with Crippen molar-refractivity contribution in [3.05, 3.63) is 29.8 Å². The Labute approximate surface area is 164 Å². The molecule has 1 aromatic carbocycles. The van der Waals surface area contributed by atoms with Crippen molar-refractivity contribution in [3.63, 3.8) is 0 Å². The number of amides is 2. The van der Waals surface area contributed by atoms with E-state index in [4.69, 9.17) is 16.6 Å². The number of hydrogen-bond acceptors (Lipinski definition) is 8. The molecule has 0 bridgehead atoms. The molecule has 0 unspecified atom stereocenters. The van der Waals surface area contributed by atoms with Crippen molar-refractivity contribution < 1.29 is 14.0 Å². The van der Waals surface area contributed by atoms with Crippen LogP contribution in [0.5, 0.6) is 0 Å². The third kappa shape index (κ3) is 4.83. The fourth-order valence-corrected chi connectivity index (χ4v) is 3.88. The third-order valence-electron chi connectivity index (χ3n) is 3.53. The van der Waals surface area contributed by atoms with Gasteiger partial charge >= 0.3 is 0 Å². The van der Waals surface area contributed by atoms with Gasteiger partial charge in [-0.3, -0.25) is 14.5 Å². The molecule has 1 N–H and O–H groups in total. The first-order valence-corrected chi connectivity index (χ1v) is 10.2. The lowest BCUT2D eigenvalue weighted by Crippen LogP contribution is -2.37. The molecule has 0 saturated carbocycles. The Bertz CT molecular complexity index is 806. The lowest BCUT2D eigenvalue weighted by Gasteiger charge is -2.14. The summed E-state index contributed by atoms with van der Waals surface area (Å²) in [7, 11) is 0. The summed E-state index contributed by atoms with van der Waals surface area (Å²) in [6.45, 7) is 2.74. The normalized spacial score (nSPS) is 14.1. The summed E-state index contributed by atoms with van der Waals surface area (Å²) in [4.78, 5) is 25.0. The second-order valence-electron chi connectivity index (χ2n) is 5.48. The van der Waals surface area contributed by atoms with Gasteiger partial charge in [0.15, 0.2) is 0 Å². The van der Waals surface area contributed by atoms with E-state index in [1.165, 1.54) is 28.4 Å². The quantitative estimate of drug-likeness (QED) is 0.551. The number of carbonyl (C=O) groups is 2. The third-order valence-corrected chi connectivity index (χ3v) is 5.78. The number of thioether (sulfide) groups is 2. The number of benzene rings is 1. The zero-order valence-corrected chi connectivity index (χ0v) is 16.4. The standard InChI is InChI=1S/C16H16N4O3S3/c1-10-2-4-11(5-3-10)14-18-19-15(23-14)25-8-12(21)17-6-7-20-13(22)9-26-16(20)24/h2-5H,6-9H2,1H3,(H,17,21). The van der Waals surface area contributed by atoms with Gasteiger partial charge in [-0.25, -0.2) is 0 Å². The number of hydrogen-bond donors (Lipinski definition) is 1. The lowest BCUT2D eigenvalue weighted by molar-refractivity contribution is -0.124. The molecule has 7 nitrogen and oxygen atoms in total. The van der Waals surface area contributed by atoms with Crippen LogP contribution in [0.15, 0.2) is 33.9 Å². The van der Waals surface area contributed by atoms with E-state index < -0.39 is 0 Å². The van der Waals surface area contributed by atoms with E-state index in [0.717, 1.165) is 11.1 Å². The molecule has 10 heteroatoms. The average Bonchev–Trinajstić information content (AvgIpc) is 3.22. The van der Waals surface area contributed by atoms with E-state index >= 15 is 0 Å². The largest absolute Gasteiger partial charge is 0.411 e. The molecule has 1 aliphatic rings. The highest BCUT2D eigenvalue weighted by Gasteiger charge is 2.25. The highest BCUT2D eigenvalue weighted by Crippen LogP contribution is 2.23. The Morgan fingerprint density at radius 3 is 2.85 bits per heavy atom. The van der Waals surface area contributed by atoms with Crippen molar-refractivity contribution in [3.8, 4) is 11.5 Å². The summed E-state index contributed by atoms with van der Waals surface area (Å²) in [5, 5.41) is 11.0. The number of aromatic nitrogens is 2. The van der Waals surface area contributed by atoms with Crippen molar-refractivity contribution in [1.29, 1.82) is 0 Å². The van der Waals surface area contributed by atoms with Gasteiger partial charge in [-0.15, -0.1) is 10.2 Å². The van der Waals surface area contributed by atoms with Gasteiger partial charge < -0.3 is 9.73 Å². The van der Waals surface area contributed by atoms with Gasteiger partial charge in [0.25, 0.3) is 5.22 Å². The van der Waals surface area contributed by atoms with Gasteiger partial charge in [-0.05, 0) is 19.1 Å². The molecule has 1 aromatic heterocycles. The van der Waals surface area contributed by atoms with Crippen LogP contribution in [0.1, 0.15) is 5.56 Å². The molecule has 136 valence electrons. The molecular weight excluding hydrogens is 392 g/mol. The molecule has 3 rings (SSSR count). The number of nitrogens with zero attached hydrogens (tertiary/aromatic N) is 3. The smallest absolute Gasteiger partial charge is 0.277 e. The zero-order chi connectivity index (χ0) is 18.5. The summed E-state index contributed by atoms with van der Waals surface area (Å²) in [6.07, 6.45) is 0. The summed E-state index contributed by atoms with van der Waals surface area (Å²) in [5.41, 5.74) is 1.98. The minimum atomic E-state index is -0.171. The fourth-order valence-electron chi connectivity index (χ4n) is 2.16. The van der Waals surface area contributed by atoms with E-state index in [1.54, 1.807) is 0 Å². The summed E-state index contributed by atoms with van der Waals surface area (Å²) in [6, 6.07) is 7.75. The number of thiocarbonyl (C=S) groups is 1. The number of nitrogens with one attached hydrogen (secondary N) is 1. The molecule has 0 radical (unpaired) electrons. The first-order chi connectivity index (χ1) is 12.5. The number of rotatable bonds is 7. The molecule has 2 aromatic rings. The molecule has 1 saturated heterocycles. The first-order valence-electron chi connectivity index (χ1n) is 7.80. The maximum atomic E-state index is 11.9. The predicted molar refractivity (Wildman–Crippen MR) is 105 cm³/mol. The Balaban J connectivity index is 1.42. The van der Waals surface area contributed by atoms with Crippen molar-refractivity contribution in [2.24, 2.45) is 0 Å². The SMILES string of the molecule is Cc1ccc(-c2nnc(SCC(=O)NCCN3C(=O)CSC3=S)o2)cc1. The second-order valence-corrected chi connectivity index (χ2v) is 8.01. The maximum absolute atomic E-state index is 11.9. The minimum Gasteiger partial charge on any atom is -0.411 e. The predicted octanol–water partition coefficient (Wildman–Crippen LogP) is 2.11. The Hall–Kier alpha value is -1.91. The van der Waals surface area contributed by atoms with Crippen LogP contribution in [0, 0.1) is 6.92 Å². The molecule has 2 amide bonds. The van der Waals surface area contributed by atoms with Gasteiger partial charge in [0.05, 0.1) is 11.5 Å². The van der Waals surface area contributed by atoms with Crippen LogP contribution in [0.25, 0.3) is 11.5 Å². The molecular formula is C16H16N4O3S3. The van der Waals surface area contributed by atoms with Crippen LogP contribution >= 0.6 is 35.7 Å². The fraction of sp³-hybridized carbons (Fsp3) is 0.312. The van der Waals surface area contributed by atoms with Crippen LogP contribution in [-0.2, 0) is 9.59 Å². The Kier molecular flexibility index (Phi) is 6.28. The zero-order valence-electron chi connectivity index (χ0n) is 13.9. The second kappa shape index (κ2) is 8.65. The molecule has 0 spiro atoms. The molecule has 1 aliphatic heterocycles. The molecule has 2 heterocycles. The van der Waals surface area contributed by atoms with Crippen LogP contribution in [0.3, 0.4) is 0 Å². The van der Waals surface area contributed by atoms with Gasteiger partial charge in [0.2, 0.25) is 17.7 Å². The maximum Gasteiger partial charge on any atom is 0.277 e. The number of carbonyl (C=O) groups excluding carboxylic acids is 2. The van der Waals surface area contributed by atoms with Crippen LogP contribution in [0.2, 0.25) is 0 Å². The summed E-state index contributed by atoms with van der Waals surface area (Å²) in [5.74, 6) is 0.770. The van der Waals surface area contributed by atoms with Gasteiger partial charge in [0.1, 0.15) is 4.32 Å². The van der Waals surface area contributed by atoms with E-state index in [1.807, 2.05) is 31.2 Å². The highest BCUT2D eigenvalue weighted by atomic mass is 32.2. The molecule has 0 aliphatic carbocycles. The molecule has 1 fully saturated rings. The van der Waals surface area contributed by atoms with Crippen molar-refractivity contribution in [2.45, 2.75) is 12.1 Å². The molecule has 0 atom stereocenters. The van der Waals surface area contributed by atoms with Gasteiger partial charge in [-0.2, -0.15) is 0 Å². The number of aryl methyl sites for hydroxylation is 1. The van der Waals surface area contributed by atoms with Crippen molar-refractivity contribution in [1.82, 2.24) is 20.4 Å². The van der Waals surface area contributed by atoms with Crippen LogP contribution in [0.4, 0.5) is 0 Å². The lowest BCUT2D eigenvalue weighted by atomic mass is 10.1. The Morgan fingerprint density at radius 1 is 1.38 bits per heavy atom. The highest BCUT2D eigenvalue weighted by molar-refractivity contribution is 8.23. The van der Waals surface area contributed by atoms with E-state index in [2.05, 4.69) is 15.5 Å². The topological polar surface area (TPSA) is 88.3 Å². The summed E-state index contributed by atoms with van der Waals surface area (Å²) >= 11 is 7.60. The van der Waals surface area contributed by atoms with Gasteiger partial charge in [0, 0.05) is 18.7 Å². The van der Waals surface area contributed by atoms with E-state index in [0.29, 0.717) is 34.3 Å². The molecule has 26 heavy (non-hydrogen) atoms. The van der Waals surface area contributed by atoms with Crippen molar-refractivity contribution >= 4 is 51.9 Å². The van der Waals surface area contributed by atoms with Crippen LogP contribution in [-0.4, -0.2) is 55.8 Å². The monoisotopic (exact) mass is 408 g/mol. The van der Waals surface area contributed by atoms with Gasteiger partial charge in [-0.1, -0.05) is 53.4 Å². The first kappa shape index (κ1) is 18.9. The van der Waals surface area contributed by atoms with Crippen molar-refractivity contribution in [2.75, 3.05) is 24.6 Å². The Morgan fingerprint density at radius 2 is 2.15 bits per heavy atom. The van der Waals surface area contributed by atoms with E-state index in [-0.39, 0.29) is 17.6 Å².